The quantitative estimate of drug-likeness (QED) is 0.139. The van der Waals surface area contributed by atoms with Gasteiger partial charge < -0.3 is 74.1 Å². The van der Waals surface area contributed by atoms with Gasteiger partial charge in [0, 0.05) is 26.5 Å². The van der Waals surface area contributed by atoms with E-state index in [2.05, 4.69) is 10.6 Å². The summed E-state index contributed by atoms with van der Waals surface area (Å²) in [6.45, 7) is 3.84. The number of carbonyl (C=O) groups excluding carboxylic acids is 2. The number of hydrogen-bond donors (Lipinski definition) is 7. The van der Waals surface area contributed by atoms with Gasteiger partial charge in [0.25, 0.3) is 0 Å². The fourth-order valence-corrected chi connectivity index (χ4v) is 6.23. The Hall–Kier alpha value is -2.85. The lowest BCUT2D eigenvalue weighted by Gasteiger charge is -2.51. The molecule has 18 heteroatoms. The topological polar surface area (TPSA) is 250 Å². The second-order valence-corrected chi connectivity index (χ2v) is 12.0. The van der Waals surface area contributed by atoms with Crippen LogP contribution >= 0.6 is 0 Å². The first-order valence-corrected chi connectivity index (χ1v) is 15.4. The normalized spacial score (nSPS) is 43.1. The second-order valence-electron chi connectivity index (χ2n) is 12.0. The highest BCUT2D eigenvalue weighted by molar-refractivity contribution is 5.75. The van der Waals surface area contributed by atoms with Crippen molar-refractivity contribution >= 4 is 17.8 Å². The van der Waals surface area contributed by atoms with E-state index in [1.165, 1.54) is 21.0 Å². The molecule has 0 aliphatic carbocycles. The highest BCUT2D eigenvalue weighted by atomic mass is 16.8. The van der Waals surface area contributed by atoms with Crippen LogP contribution < -0.4 is 10.6 Å². The largest absolute Gasteiger partial charge is 0.479 e. The maximum Gasteiger partial charge on any atom is 0.335 e. The van der Waals surface area contributed by atoms with E-state index in [9.17, 15) is 39.9 Å². The van der Waals surface area contributed by atoms with Crippen LogP contribution in [0.25, 0.3) is 0 Å². The number of carbonyl (C=O) groups is 3. The van der Waals surface area contributed by atoms with Gasteiger partial charge in [-0.15, -0.1) is 0 Å². The standard InChI is InChI=1S/C30H42N2O16/c1-11-18(35)23(25(30(41-4)43-11)48-29-16(31-12(2)33)19(36)21(38)24(47-29)26(39)40)46-28-17(32-13(3)34)20(37)22-15(44-28)10-42-27(45-22)14-8-6-5-7-9-14/h5-9,11,15-25,27-30,35-38H,10H2,1-4H3,(H,31,33)(H,32,34)(H,39,40)/t11-,15+,16+,17+,18-,19+,20+,21+,22+,23+,24-,25+,27+,28-,29+,30+/m0/s1. The summed E-state index contributed by atoms with van der Waals surface area (Å²) < 4.78 is 47.2. The van der Waals surface area contributed by atoms with Crippen molar-refractivity contribution in [1.82, 2.24) is 10.6 Å². The number of methoxy groups -OCH3 is 1. The average Bonchev–Trinajstić information content (AvgIpc) is 3.05. The smallest absolute Gasteiger partial charge is 0.335 e. The lowest BCUT2D eigenvalue weighted by molar-refractivity contribution is -0.385. The van der Waals surface area contributed by atoms with E-state index in [0.29, 0.717) is 5.56 Å². The van der Waals surface area contributed by atoms with Gasteiger partial charge in [0.15, 0.2) is 31.3 Å². The third-order valence-corrected chi connectivity index (χ3v) is 8.60. The van der Waals surface area contributed by atoms with Crippen LogP contribution in [0.15, 0.2) is 30.3 Å². The van der Waals surface area contributed by atoms with Gasteiger partial charge in [-0.1, -0.05) is 30.3 Å². The van der Waals surface area contributed by atoms with E-state index >= 15 is 0 Å². The van der Waals surface area contributed by atoms with Gasteiger partial charge in [-0.2, -0.15) is 0 Å². The summed E-state index contributed by atoms with van der Waals surface area (Å²) in [5, 5.41) is 58.6. The van der Waals surface area contributed by atoms with Crippen LogP contribution in [-0.4, -0.2) is 149 Å². The van der Waals surface area contributed by atoms with Gasteiger partial charge in [0.2, 0.25) is 11.8 Å². The maximum absolute atomic E-state index is 12.3. The molecule has 0 spiro atoms. The predicted octanol–water partition coefficient (Wildman–Crippen LogP) is -2.75. The fourth-order valence-electron chi connectivity index (χ4n) is 6.23. The Morgan fingerprint density at radius 3 is 1.98 bits per heavy atom. The van der Waals surface area contributed by atoms with Gasteiger partial charge in [-0.25, -0.2) is 4.79 Å². The van der Waals surface area contributed by atoms with Crippen LogP contribution in [-0.2, 0) is 52.3 Å². The number of aliphatic carboxylic acids is 1. The summed E-state index contributed by atoms with van der Waals surface area (Å²) >= 11 is 0. The Morgan fingerprint density at radius 2 is 1.38 bits per heavy atom. The molecular formula is C30H42N2O16. The number of hydrogen-bond acceptors (Lipinski definition) is 15. The zero-order chi connectivity index (χ0) is 34.9. The molecule has 4 saturated heterocycles. The summed E-state index contributed by atoms with van der Waals surface area (Å²) in [7, 11) is 1.26. The molecule has 268 valence electrons. The molecule has 1 aromatic rings. The van der Waals surface area contributed by atoms with Gasteiger partial charge in [0.05, 0.1) is 12.7 Å². The SMILES string of the molecule is CO[C@@H]1O[C@@H](C)[C@H](O)[C@@H](O[C@@H]2O[C@@H]3CO[C@@H](c4ccccc4)O[C@H]3[C@H](O)[C@H]2NC(C)=O)[C@H]1O[C@H]1O[C@H](C(=O)O)[C@H](O)[C@H](O)[C@H]1NC(C)=O. The number of rotatable bonds is 9. The number of aliphatic hydroxyl groups is 4. The first-order valence-electron chi connectivity index (χ1n) is 15.4. The summed E-state index contributed by atoms with van der Waals surface area (Å²) in [6, 6.07) is 6.30. The van der Waals surface area contributed by atoms with Crippen LogP contribution in [0.4, 0.5) is 0 Å². The van der Waals surface area contributed by atoms with Crippen LogP contribution in [0.5, 0.6) is 0 Å². The minimum absolute atomic E-state index is 0.0353. The third kappa shape index (κ3) is 7.64. The molecule has 18 nitrogen and oxygen atoms in total. The number of nitrogens with one attached hydrogen (secondary N) is 2. The van der Waals surface area contributed by atoms with Crippen LogP contribution in [0.2, 0.25) is 0 Å². The number of benzene rings is 1. The van der Waals surface area contributed by atoms with Crippen LogP contribution in [0, 0.1) is 0 Å². The van der Waals surface area contributed by atoms with Crippen LogP contribution in [0.3, 0.4) is 0 Å². The average molecular weight is 687 g/mol. The fraction of sp³-hybridized carbons (Fsp3) is 0.700. The van der Waals surface area contributed by atoms with Crippen molar-refractivity contribution in [3.05, 3.63) is 35.9 Å². The molecule has 1 aromatic carbocycles. The first kappa shape index (κ1) is 36.4. The van der Waals surface area contributed by atoms with Crippen LogP contribution in [0.1, 0.15) is 32.6 Å². The molecule has 48 heavy (non-hydrogen) atoms. The molecule has 5 rings (SSSR count). The molecule has 2 amide bonds. The van der Waals surface area contributed by atoms with Crippen molar-refractivity contribution in [1.29, 1.82) is 0 Å². The molecule has 4 aliphatic heterocycles. The first-order chi connectivity index (χ1) is 22.8. The number of carboxylic acids is 1. The monoisotopic (exact) mass is 686 g/mol. The zero-order valence-corrected chi connectivity index (χ0v) is 26.6. The van der Waals surface area contributed by atoms with Crippen molar-refractivity contribution in [3.63, 3.8) is 0 Å². The van der Waals surface area contributed by atoms with E-state index < -0.39 is 116 Å². The molecule has 7 N–H and O–H groups in total. The molecule has 4 heterocycles. The molecular weight excluding hydrogens is 644 g/mol. The highest BCUT2D eigenvalue weighted by Gasteiger charge is 2.56. The summed E-state index contributed by atoms with van der Waals surface area (Å²) in [5.74, 6) is -2.82. The summed E-state index contributed by atoms with van der Waals surface area (Å²) in [6.07, 6.45) is -19.7. The molecule has 16 atom stereocenters. The Bertz CT molecular complexity index is 1270. The van der Waals surface area contributed by atoms with E-state index in [-0.39, 0.29) is 6.61 Å². The lowest BCUT2D eigenvalue weighted by Crippen LogP contribution is -2.70. The highest BCUT2D eigenvalue weighted by Crippen LogP contribution is 2.37. The summed E-state index contributed by atoms with van der Waals surface area (Å²) in [5.41, 5.74) is 0.702. The van der Waals surface area contributed by atoms with Crippen molar-refractivity contribution in [2.45, 2.75) is 119 Å². The number of carboxylic acid groups (broad SMARTS) is 1. The maximum atomic E-state index is 12.3. The second kappa shape index (κ2) is 15.4. The Balaban J connectivity index is 1.42. The molecule has 0 radical (unpaired) electrons. The van der Waals surface area contributed by atoms with E-state index in [1.807, 2.05) is 6.07 Å². The molecule has 0 unspecified atom stereocenters. The van der Waals surface area contributed by atoms with E-state index in [1.54, 1.807) is 24.3 Å². The Morgan fingerprint density at radius 1 is 0.771 bits per heavy atom. The van der Waals surface area contributed by atoms with Crippen molar-refractivity contribution in [2.24, 2.45) is 0 Å². The Labute approximate surface area is 275 Å². The summed E-state index contributed by atoms with van der Waals surface area (Å²) in [4.78, 5) is 36.1. The minimum Gasteiger partial charge on any atom is -0.479 e. The molecule has 4 fully saturated rings. The molecule has 0 aromatic heterocycles. The third-order valence-electron chi connectivity index (χ3n) is 8.60. The molecule has 4 aliphatic rings. The number of aliphatic hydroxyl groups excluding tert-OH is 4. The van der Waals surface area contributed by atoms with Gasteiger partial charge in [-0.3, -0.25) is 9.59 Å². The number of amides is 2. The van der Waals surface area contributed by atoms with E-state index in [4.69, 9.17) is 37.9 Å². The zero-order valence-electron chi connectivity index (χ0n) is 26.6. The predicted molar refractivity (Wildman–Crippen MR) is 155 cm³/mol. The van der Waals surface area contributed by atoms with E-state index in [0.717, 1.165) is 6.92 Å². The van der Waals surface area contributed by atoms with Crippen molar-refractivity contribution in [3.8, 4) is 0 Å². The van der Waals surface area contributed by atoms with Gasteiger partial charge in [-0.05, 0) is 6.92 Å². The van der Waals surface area contributed by atoms with Gasteiger partial charge in [0.1, 0.15) is 60.9 Å². The van der Waals surface area contributed by atoms with Crippen molar-refractivity contribution < 1.29 is 77.8 Å². The lowest BCUT2D eigenvalue weighted by atomic mass is 9.94. The number of ether oxygens (including phenoxy) is 8. The number of fused-ring (bicyclic) bond motifs is 1. The van der Waals surface area contributed by atoms with Crippen molar-refractivity contribution in [2.75, 3.05) is 13.7 Å². The molecule has 0 bridgehead atoms. The molecule has 0 saturated carbocycles. The minimum atomic E-state index is -1.97. The Kier molecular flexibility index (Phi) is 11.7. The van der Waals surface area contributed by atoms with Gasteiger partial charge >= 0.3 is 5.97 Å².